The highest BCUT2D eigenvalue weighted by molar-refractivity contribution is 6.30. The summed E-state index contributed by atoms with van der Waals surface area (Å²) in [6.45, 7) is 2.20. The molecule has 102 valence electrons. The summed E-state index contributed by atoms with van der Waals surface area (Å²) < 4.78 is 5.25. The topological polar surface area (TPSA) is 49.8 Å². The molecule has 0 radical (unpaired) electrons. The van der Waals surface area contributed by atoms with Gasteiger partial charge in [-0.25, -0.2) is 0 Å². The summed E-state index contributed by atoms with van der Waals surface area (Å²) >= 11 is 5.97. The fourth-order valence-corrected chi connectivity index (χ4v) is 1.84. The van der Waals surface area contributed by atoms with Crippen LogP contribution in [0.1, 0.15) is 6.92 Å². The fraction of sp³-hybridized carbons (Fsp3) is 0.357. The van der Waals surface area contributed by atoms with Crippen LogP contribution in [0.15, 0.2) is 18.2 Å². The third-order valence-corrected chi connectivity index (χ3v) is 2.91. The van der Waals surface area contributed by atoms with Crippen molar-refractivity contribution in [1.82, 2.24) is 0 Å². The van der Waals surface area contributed by atoms with Crippen LogP contribution in [0.5, 0.6) is 5.75 Å². The van der Waals surface area contributed by atoms with Crippen LogP contribution in [0.25, 0.3) is 0 Å². The van der Waals surface area contributed by atoms with E-state index in [1.807, 2.05) is 0 Å². The second-order valence-corrected chi connectivity index (χ2v) is 4.58. The van der Waals surface area contributed by atoms with Crippen LogP contribution in [0.2, 0.25) is 5.02 Å². The van der Waals surface area contributed by atoms with E-state index in [0.29, 0.717) is 16.5 Å². The third kappa shape index (κ3) is 4.08. The molecule has 0 saturated carbocycles. The molecule has 19 heavy (non-hydrogen) atoms. The Morgan fingerprint density at radius 3 is 2.84 bits per heavy atom. The first-order valence-corrected chi connectivity index (χ1v) is 6.12. The van der Waals surface area contributed by atoms with Gasteiger partial charge in [-0.05, 0) is 18.2 Å². The third-order valence-electron chi connectivity index (χ3n) is 2.68. The van der Waals surface area contributed by atoms with Gasteiger partial charge >= 0.3 is 5.97 Å². The van der Waals surface area contributed by atoms with E-state index >= 15 is 0 Å². The highest BCUT2D eigenvalue weighted by Gasteiger charge is 2.18. The van der Waals surface area contributed by atoms with Crippen LogP contribution in [-0.4, -0.2) is 31.3 Å². The van der Waals surface area contributed by atoms with Crippen LogP contribution in [0.3, 0.4) is 0 Å². The van der Waals surface area contributed by atoms with Crippen molar-refractivity contribution in [3.8, 4) is 18.1 Å². The predicted octanol–water partition coefficient (Wildman–Crippen LogP) is 2.51. The molecule has 4 nitrogen and oxygen atoms in total. The first kappa shape index (κ1) is 15.2. The van der Waals surface area contributed by atoms with E-state index in [1.165, 1.54) is 0 Å². The number of halogens is 1. The van der Waals surface area contributed by atoms with Crippen LogP contribution in [-0.2, 0) is 4.79 Å². The lowest BCUT2D eigenvalue weighted by atomic mass is 10.1. The quantitative estimate of drug-likeness (QED) is 0.814. The number of terminal acetylenes is 1. The second kappa shape index (κ2) is 6.91. The van der Waals surface area contributed by atoms with E-state index < -0.39 is 11.9 Å². The first-order valence-electron chi connectivity index (χ1n) is 5.74. The molecule has 1 rings (SSSR count). The summed E-state index contributed by atoms with van der Waals surface area (Å²) in [4.78, 5) is 12.7. The lowest BCUT2D eigenvalue weighted by molar-refractivity contribution is -0.140. The monoisotopic (exact) mass is 281 g/mol. The van der Waals surface area contributed by atoms with Crippen molar-refractivity contribution in [2.45, 2.75) is 6.92 Å². The average molecular weight is 282 g/mol. The van der Waals surface area contributed by atoms with Crippen molar-refractivity contribution >= 4 is 23.3 Å². The molecule has 1 unspecified atom stereocenters. The molecule has 1 aromatic carbocycles. The number of methoxy groups -OCH3 is 1. The van der Waals surface area contributed by atoms with Gasteiger partial charge < -0.3 is 14.7 Å². The zero-order valence-corrected chi connectivity index (χ0v) is 11.6. The molecule has 0 amide bonds. The SMILES string of the molecule is C#CCN(CC(C)C(=O)O)c1cc(Cl)ccc1OC. The number of aliphatic carboxylic acids is 1. The minimum absolute atomic E-state index is 0.286. The fourth-order valence-electron chi connectivity index (χ4n) is 1.68. The van der Waals surface area contributed by atoms with Gasteiger partial charge in [-0.3, -0.25) is 4.79 Å². The zero-order chi connectivity index (χ0) is 14.4. The van der Waals surface area contributed by atoms with E-state index in [2.05, 4.69) is 5.92 Å². The van der Waals surface area contributed by atoms with Crippen molar-refractivity contribution in [2.75, 3.05) is 25.1 Å². The number of rotatable bonds is 6. The maximum Gasteiger partial charge on any atom is 0.308 e. The molecular weight excluding hydrogens is 266 g/mol. The Labute approximate surface area is 117 Å². The number of hydrogen-bond donors (Lipinski definition) is 1. The van der Waals surface area contributed by atoms with Crippen molar-refractivity contribution in [2.24, 2.45) is 5.92 Å². The maximum atomic E-state index is 11.0. The minimum Gasteiger partial charge on any atom is -0.495 e. The van der Waals surface area contributed by atoms with Gasteiger partial charge in [0, 0.05) is 11.6 Å². The minimum atomic E-state index is -0.872. The number of hydrogen-bond acceptors (Lipinski definition) is 3. The number of anilines is 1. The molecule has 0 bridgehead atoms. The molecule has 1 N–H and O–H groups in total. The Morgan fingerprint density at radius 1 is 1.63 bits per heavy atom. The summed E-state index contributed by atoms with van der Waals surface area (Å²) in [5.74, 6) is 1.71. The van der Waals surface area contributed by atoms with Crippen LogP contribution in [0.4, 0.5) is 5.69 Å². The summed E-state index contributed by atoms with van der Waals surface area (Å²) in [5, 5.41) is 9.53. The van der Waals surface area contributed by atoms with E-state index in [9.17, 15) is 4.79 Å². The van der Waals surface area contributed by atoms with Gasteiger partial charge in [0.1, 0.15) is 5.75 Å². The number of benzene rings is 1. The van der Waals surface area contributed by atoms with E-state index in [0.717, 1.165) is 0 Å². The highest BCUT2D eigenvalue weighted by atomic mass is 35.5. The molecule has 0 aliphatic heterocycles. The lowest BCUT2D eigenvalue weighted by Crippen LogP contribution is -2.32. The molecule has 0 spiro atoms. The van der Waals surface area contributed by atoms with Crippen LogP contribution in [0, 0.1) is 18.3 Å². The number of nitrogens with zero attached hydrogens (tertiary/aromatic N) is 1. The van der Waals surface area contributed by atoms with Gasteiger partial charge in [-0.15, -0.1) is 6.42 Å². The van der Waals surface area contributed by atoms with Crippen molar-refractivity contribution in [3.05, 3.63) is 23.2 Å². The Kier molecular flexibility index (Phi) is 5.53. The summed E-state index contributed by atoms with van der Waals surface area (Å²) in [6.07, 6.45) is 5.34. The predicted molar refractivity (Wildman–Crippen MR) is 75.8 cm³/mol. The van der Waals surface area contributed by atoms with Crippen molar-refractivity contribution in [1.29, 1.82) is 0 Å². The number of carboxylic acids is 1. The summed E-state index contributed by atoms with van der Waals surface area (Å²) in [5.41, 5.74) is 0.695. The molecule has 1 aromatic rings. The molecule has 1 atom stereocenters. The molecule has 5 heteroatoms. The van der Waals surface area contributed by atoms with Crippen molar-refractivity contribution < 1.29 is 14.6 Å². The zero-order valence-electron chi connectivity index (χ0n) is 10.9. The average Bonchev–Trinajstić information content (AvgIpc) is 2.37. The summed E-state index contributed by atoms with van der Waals surface area (Å²) in [6, 6.07) is 5.15. The number of carboxylic acid groups (broad SMARTS) is 1. The number of ether oxygens (including phenoxy) is 1. The largest absolute Gasteiger partial charge is 0.495 e. The van der Waals surface area contributed by atoms with Crippen LogP contribution >= 0.6 is 11.6 Å². The molecule has 0 heterocycles. The molecular formula is C14H16ClNO3. The molecule has 0 saturated heterocycles. The van der Waals surface area contributed by atoms with E-state index in [-0.39, 0.29) is 13.1 Å². The Balaban J connectivity index is 3.08. The molecule has 0 fully saturated rings. The number of carbonyl (C=O) groups is 1. The Hall–Kier alpha value is -1.86. The second-order valence-electron chi connectivity index (χ2n) is 4.14. The normalized spacial score (nSPS) is 11.5. The van der Waals surface area contributed by atoms with Gasteiger partial charge in [0.15, 0.2) is 0 Å². The molecule has 0 aromatic heterocycles. The lowest BCUT2D eigenvalue weighted by Gasteiger charge is -2.26. The smallest absolute Gasteiger partial charge is 0.308 e. The van der Waals surface area contributed by atoms with Gasteiger partial charge in [0.05, 0.1) is 25.3 Å². The van der Waals surface area contributed by atoms with Crippen molar-refractivity contribution in [3.63, 3.8) is 0 Å². The van der Waals surface area contributed by atoms with E-state index in [1.54, 1.807) is 37.1 Å². The Morgan fingerprint density at radius 2 is 2.32 bits per heavy atom. The van der Waals surface area contributed by atoms with Gasteiger partial charge in [-0.1, -0.05) is 24.4 Å². The highest BCUT2D eigenvalue weighted by Crippen LogP contribution is 2.31. The van der Waals surface area contributed by atoms with E-state index in [4.69, 9.17) is 27.9 Å². The molecule has 0 aliphatic rings. The maximum absolute atomic E-state index is 11.0. The molecule has 0 aliphatic carbocycles. The van der Waals surface area contributed by atoms with Gasteiger partial charge in [-0.2, -0.15) is 0 Å². The summed E-state index contributed by atoms with van der Waals surface area (Å²) in [7, 11) is 1.54. The van der Waals surface area contributed by atoms with Gasteiger partial charge in [0.2, 0.25) is 0 Å². The van der Waals surface area contributed by atoms with Gasteiger partial charge in [0.25, 0.3) is 0 Å². The first-order chi connectivity index (χ1) is 8.99. The van der Waals surface area contributed by atoms with Crippen LogP contribution < -0.4 is 9.64 Å². The Bertz CT molecular complexity index is 496. The standard InChI is InChI=1S/C14H16ClNO3/c1-4-7-16(9-10(2)14(17)18)12-8-11(15)5-6-13(12)19-3/h1,5-6,8,10H,7,9H2,2-3H3,(H,17,18).